The number of oxazole rings is 1. The molecule has 0 atom stereocenters. The minimum atomic E-state index is -0.422. The summed E-state index contributed by atoms with van der Waals surface area (Å²) < 4.78 is 4.76. The van der Waals surface area contributed by atoms with Crippen molar-refractivity contribution in [1.82, 2.24) is 20.2 Å². The van der Waals surface area contributed by atoms with Crippen LogP contribution >= 0.6 is 0 Å². The molecule has 2 aromatic rings. The largest absolute Gasteiger partial charge is 0.438 e. The molecule has 0 aliphatic rings. The molecule has 0 saturated heterocycles. The van der Waals surface area contributed by atoms with E-state index < -0.39 is 5.91 Å². The Morgan fingerprint density at radius 3 is 3.15 bits per heavy atom. The summed E-state index contributed by atoms with van der Waals surface area (Å²) in [4.78, 5) is 18.5. The fourth-order valence-electron chi connectivity index (χ4n) is 0.763. The molecule has 1 amide bonds. The van der Waals surface area contributed by atoms with Gasteiger partial charge < -0.3 is 4.42 Å². The van der Waals surface area contributed by atoms with Crippen molar-refractivity contribution < 1.29 is 9.21 Å². The number of carbonyl (C=O) groups is 1. The van der Waals surface area contributed by atoms with E-state index in [1.807, 2.05) is 0 Å². The summed E-state index contributed by atoms with van der Waals surface area (Å²) in [7, 11) is 0. The van der Waals surface area contributed by atoms with E-state index >= 15 is 0 Å². The molecule has 0 aliphatic carbocycles. The first-order valence-electron chi connectivity index (χ1n) is 3.41. The van der Waals surface area contributed by atoms with E-state index in [2.05, 4.69) is 25.5 Å². The third-order valence-corrected chi connectivity index (χ3v) is 1.30. The highest BCUT2D eigenvalue weighted by atomic mass is 16.3. The van der Waals surface area contributed by atoms with Crippen LogP contribution in [0.4, 0.5) is 5.95 Å². The Bertz CT molecular complexity index is 379. The second kappa shape index (κ2) is 3.05. The van der Waals surface area contributed by atoms with Crippen molar-refractivity contribution in [1.29, 1.82) is 0 Å². The third-order valence-electron chi connectivity index (χ3n) is 1.30. The molecule has 13 heavy (non-hydrogen) atoms. The molecule has 2 rings (SSSR count). The van der Waals surface area contributed by atoms with Crippen LogP contribution in [-0.2, 0) is 0 Å². The summed E-state index contributed by atoms with van der Waals surface area (Å²) in [6.07, 6.45) is 3.77. The molecule has 0 aromatic carbocycles. The zero-order valence-corrected chi connectivity index (χ0v) is 6.39. The van der Waals surface area contributed by atoms with E-state index in [1.165, 1.54) is 18.9 Å². The van der Waals surface area contributed by atoms with Gasteiger partial charge in [0, 0.05) is 0 Å². The highest BCUT2D eigenvalue weighted by Crippen LogP contribution is 2.00. The SMILES string of the molecule is O=C(Nc1ncn[nH]1)c1cnco1. The van der Waals surface area contributed by atoms with Crippen LogP contribution in [0.25, 0.3) is 0 Å². The molecule has 0 bridgehead atoms. The predicted octanol–water partition coefficient (Wildman–Crippen LogP) is 0.0450. The first-order chi connectivity index (χ1) is 6.36. The van der Waals surface area contributed by atoms with Crippen molar-refractivity contribution in [2.45, 2.75) is 0 Å². The first-order valence-corrected chi connectivity index (χ1v) is 3.41. The van der Waals surface area contributed by atoms with E-state index in [4.69, 9.17) is 4.42 Å². The lowest BCUT2D eigenvalue weighted by Crippen LogP contribution is -2.11. The van der Waals surface area contributed by atoms with Gasteiger partial charge in [-0.25, -0.2) is 10.1 Å². The Hall–Kier alpha value is -2.18. The molecule has 0 fully saturated rings. The van der Waals surface area contributed by atoms with Gasteiger partial charge in [0.25, 0.3) is 5.91 Å². The van der Waals surface area contributed by atoms with Gasteiger partial charge in [-0.05, 0) is 0 Å². The molecule has 0 aliphatic heterocycles. The van der Waals surface area contributed by atoms with Crippen LogP contribution in [0, 0.1) is 0 Å². The number of aromatic amines is 1. The summed E-state index contributed by atoms with van der Waals surface area (Å²) >= 11 is 0. The Balaban J connectivity index is 2.08. The molecule has 0 spiro atoms. The van der Waals surface area contributed by atoms with Gasteiger partial charge in [0.15, 0.2) is 6.39 Å². The molecule has 7 heteroatoms. The van der Waals surface area contributed by atoms with Gasteiger partial charge in [0.2, 0.25) is 11.7 Å². The van der Waals surface area contributed by atoms with Gasteiger partial charge in [-0.2, -0.15) is 10.1 Å². The molecule has 0 saturated carbocycles. The molecule has 7 nitrogen and oxygen atoms in total. The van der Waals surface area contributed by atoms with Gasteiger partial charge in [-0.15, -0.1) is 0 Å². The van der Waals surface area contributed by atoms with Crippen molar-refractivity contribution in [2.75, 3.05) is 5.32 Å². The van der Waals surface area contributed by atoms with Gasteiger partial charge in [0.05, 0.1) is 6.20 Å². The lowest BCUT2D eigenvalue weighted by Gasteiger charge is -1.95. The molecular formula is C6H5N5O2. The zero-order valence-electron chi connectivity index (χ0n) is 6.39. The number of carbonyl (C=O) groups excluding carboxylic acids is 1. The second-order valence-electron chi connectivity index (χ2n) is 2.15. The lowest BCUT2D eigenvalue weighted by atomic mass is 10.5. The van der Waals surface area contributed by atoms with Gasteiger partial charge >= 0.3 is 0 Å². The number of amides is 1. The van der Waals surface area contributed by atoms with Crippen LogP contribution < -0.4 is 5.32 Å². The van der Waals surface area contributed by atoms with Gasteiger partial charge in [-0.1, -0.05) is 0 Å². The fourth-order valence-corrected chi connectivity index (χ4v) is 0.763. The minimum Gasteiger partial charge on any atom is -0.438 e. The van der Waals surface area contributed by atoms with Crippen molar-refractivity contribution in [3.63, 3.8) is 0 Å². The lowest BCUT2D eigenvalue weighted by molar-refractivity contribution is 0.0996. The van der Waals surface area contributed by atoms with Crippen LogP contribution in [-0.4, -0.2) is 26.1 Å². The van der Waals surface area contributed by atoms with Gasteiger partial charge in [-0.3, -0.25) is 10.1 Å². The van der Waals surface area contributed by atoms with Crippen molar-refractivity contribution in [3.05, 3.63) is 24.7 Å². The standard InChI is InChI=1S/C6H5N5O2/c12-5(4-1-7-3-13-4)10-6-8-2-9-11-6/h1-3H,(H2,8,9,10,11,12). The van der Waals surface area contributed by atoms with Crippen LogP contribution in [0.3, 0.4) is 0 Å². The quantitative estimate of drug-likeness (QED) is 0.678. The van der Waals surface area contributed by atoms with E-state index in [1.54, 1.807) is 0 Å². The molecule has 0 unspecified atom stereocenters. The molecule has 2 aromatic heterocycles. The number of H-pyrrole nitrogens is 1. The van der Waals surface area contributed by atoms with Crippen molar-refractivity contribution >= 4 is 11.9 Å². The van der Waals surface area contributed by atoms with E-state index in [9.17, 15) is 4.79 Å². The van der Waals surface area contributed by atoms with Crippen LogP contribution in [0.15, 0.2) is 23.3 Å². The van der Waals surface area contributed by atoms with Crippen molar-refractivity contribution in [3.8, 4) is 0 Å². The molecule has 2 heterocycles. The number of anilines is 1. The number of hydrogen-bond donors (Lipinski definition) is 2. The van der Waals surface area contributed by atoms with Crippen LogP contribution in [0.2, 0.25) is 0 Å². The summed E-state index contributed by atoms with van der Waals surface area (Å²) in [5.41, 5.74) is 0. The number of nitrogens with zero attached hydrogens (tertiary/aromatic N) is 3. The summed E-state index contributed by atoms with van der Waals surface area (Å²) in [5.74, 6) is -0.0351. The van der Waals surface area contributed by atoms with Crippen LogP contribution in [0.5, 0.6) is 0 Å². The maximum Gasteiger partial charge on any atom is 0.295 e. The van der Waals surface area contributed by atoms with Crippen LogP contribution in [0.1, 0.15) is 10.6 Å². The Kier molecular flexibility index (Phi) is 1.75. The highest BCUT2D eigenvalue weighted by Gasteiger charge is 2.10. The summed E-state index contributed by atoms with van der Waals surface area (Å²) in [5, 5.41) is 8.46. The normalized spacial score (nSPS) is 9.85. The Labute approximate surface area is 72.2 Å². The fraction of sp³-hybridized carbons (Fsp3) is 0. The molecule has 0 radical (unpaired) electrons. The number of rotatable bonds is 2. The third kappa shape index (κ3) is 1.53. The maximum absolute atomic E-state index is 11.2. The zero-order chi connectivity index (χ0) is 9.10. The monoisotopic (exact) mass is 179 g/mol. The topological polar surface area (TPSA) is 96.7 Å². The Morgan fingerprint density at radius 2 is 2.54 bits per heavy atom. The molecule has 2 N–H and O–H groups in total. The highest BCUT2D eigenvalue weighted by molar-refractivity contribution is 6.00. The van der Waals surface area contributed by atoms with E-state index in [0.29, 0.717) is 0 Å². The second-order valence-corrected chi connectivity index (χ2v) is 2.15. The van der Waals surface area contributed by atoms with Gasteiger partial charge in [0.1, 0.15) is 6.33 Å². The molecular weight excluding hydrogens is 174 g/mol. The summed E-state index contributed by atoms with van der Waals surface area (Å²) in [6.45, 7) is 0. The molecule has 66 valence electrons. The van der Waals surface area contributed by atoms with E-state index in [-0.39, 0.29) is 11.7 Å². The average molecular weight is 179 g/mol. The maximum atomic E-state index is 11.2. The number of nitrogens with one attached hydrogen (secondary N) is 2. The van der Waals surface area contributed by atoms with Crippen molar-refractivity contribution in [2.24, 2.45) is 0 Å². The Morgan fingerprint density at radius 1 is 1.62 bits per heavy atom. The minimum absolute atomic E-state index is 0.122. The number of hydrogen-bond acceptors (Lipinski definition) is 5. The summed E-state index contributed by atoms with van der Waals surface area (Å²) in [6, 6.07) is 0. The smallest absolute Gasteiger partial charge is 0.295 e. The van der Waals surface area contributed by atoms with E-state index in [0.717, 1.165) is 0 Å². The average Bonchev–Trinajstić information content (AvgIpc) is 2.74. The predicted molar refractivity (Wildman–Crippen MR) is 40.8 cm³/mol. The first kappa shape index (κ1) is 7.47. The number of aromatic nitrogens is 4.